The molecule has 0 spiro atoms. The van der Waals surface area contributed by atoms with Crippen LogP contribution in [-0.4, -0.2) is 73.5 Å². The van der Waals surface area contributed by atoms with Gasteiger partial charge in [0.1, 0.15) is 5.82 Å². The molecule has 2 heterocycles. The van der Waals surface area contributed by atoms with E-state index in [1.54, 1.807) is 12.1 Å². The Kier molecular flexibility index (Phi) is 7.42. The van der Waals surface area contributed by atoms with Gasteiger partial charge in [-0.1, -0.05) is 12.1 Å². The molecule has 2 aliphatic heterocycles. The molecule has 1 saturated heterocycles. The van der Waals surface area contributed by atoms with E-state index in [4.69, 9.17) is 14.6 Å². The predicted octanol–water partition coefficient (Wildman–Crippen LogP) is 2.10. The Morgan fingerprint density at radius 3 is 2.61 bits per heavy atom. The maximum atomic E-state index is 13.3. The molecule has 3 rings (SSSR count). The highest BCUT2D eigenvalue weighted by atomic mass is 19.1. The van der Waals surface area contributed by atoms with Crippen LogP contribution in [0.1, 0.15) is 30.7 Å². The fraction of sp³-hybridized carbons (Fsp3) is 0.571. The first kappa shape index (κ1) is 20.8. The lowest BCUT2D eigenvalue weighted by atomic mass is 9.93. The lowest BCUT2D eigenvalue weighted by molar-refractivity contribution is -0.153. The molecule has 2 aliphatic rings. The SMILES string of the molecule is CN1CCN(C(=O)C2=C[C@H](c3ccc(F)cc3)C[C@H](OCCCCO)O2)CC1. The average molecular weight is 392 g/mol. The minimum absolute atomic E-state index is 0.0800. The zero-order valence-corrected chi connectivity index (χ0v) is 16.3. The van der Waals surface area contributed by atoms with Crippen molar-refractivity contribution in [3.8, 4) is 0 Å². The maximum absolute atomic E-state index is 13.3. The monoisotopic (exact) mass is 392 g/mol. The quantitative estimate of drug-likeness (QED) is 0.720. The van der Waals surface area contributed by atoms with Crippen molar-refractivity contribution in [2.24, 2.45) is 0 Å². The van der Waals surface area contributed by atoms with Gasteiger partial charge in [0, 0.05) is 45.1 Å². The number of aliphatic hydroxyl groups excluding tert-OH is 1. The van der Waals surface area contributed by atoms with E-state index in [2.05, 4.69) is 4.90 Å². The van der Waals surface area contributed by atoms with Crippen LogP contribution >= 0.6 is 0 Å². The van der Waals surface area contributed by atoms with E-state index < -0.39 is 6.29 Å². The van der Waals surface area contributed by atoms with Crippen LogP contribution in [0.5, 0.6) is 0 Å². The van der Waals surface area contributed by atoms with Gasteiger partial charge in [-0.2, -0.15) is 0 Å². The van der Waals surface area contributed by atoms with Crippen molar-refractivity contribution in [2.75, 3.05) is 46.4 Å². The molecule has 0 aromatic heterocycles. The summed E-state index contributed by atoms with van der Waals surface area (Å²) in [6, 6.07) is 6.33. The predicted molar refractivity (Wildman–Crippen MR) is 103 cm³/mol. The number of ether oxygens (including phenoxy) is 2. The van der Waals surface area contributed by atoms with Gasteiger partial charge < -0.3 is 24.4 Å². The number of amides is 1. The largest absolute Gasteiger partial charge is 0.459 e. The summed E-state index contributed by atoms with van der Waals surface area (Å²) in [6.45, 7) is 3.58. The third-order valence-corrected chi connectivity index (χ3v) is 5.21. The highest BCUT2D eigenvalue weighted by molar-refractivity contribution is 5.91. The number of carbonyl (C=O) groups is 1. The summed E-state index contributed by atoms with van der Waals surface area (Å²) in [5.74, 6) is -0.185. The van der Waals surface area contributed by atoms with Crippen LogP contribution in [-0.2, 0) is 14.3 Å². The highest BCUT2D eigenvalue weighted by Crippen LogP contribution is 2.32. The minimum Gasteiger partial charge on any atom is -0.459 e. The second kappa shape index (κ2) is 10.0. The number of hydrogen-bond donors (Lipinski definition) is 1. The molecule has 0 radical (unpaired) electrons. The van der Waals surface area contributed by atoms with Gasteiger partial charge in [0.25, 0.3) is 5.91 Å². The second-order valence-corrected chi connectivity index (χ2v) is 7.37. The molecule has 1 aromatic carbocycles. The smallest absolute Gasteiger partial charge is 0.288 e. The number of benzene rings is 1. The van der Waals surface area contributed by atoms with Crippen molar-refractivity contribution < 1.29 is 23.8 Å². The molecule has 2 atom stereocenters. The van der Waals surface area contributed by atoms with Crippen LogP contribution in [0.25, 0.3) is 0 Å². The van der Waals surface area contributed by atoms with Gasteiger partial charge in [0.15, 0.2) is 5.76 Å². The Hall–Kier alpha value is -1.96. The second-order valence-electron chi connectivity index (χ2n) is 7.37. The van der Waals surface area contributed by atoms with Crippen LogP contribution in [0.4, 0.5) is 4.39 Å². The number of likely N-dealkylation sites (N-methyl/N-ethyl adjacent to an activating group) is 1. The van der Waals surface area contributed by atoms with E-state index in [9.17, 15) is 9.18 Å². The Bertz CT molecular complexity index is 671. The zero-order chi connectivity index (χ0) is 19.9. The Morgan fingerprint density at radius 1 is 1.21 bits per heavy atom. The van der Waals surface area contributed by atoms with Crippen LogP contribution < -0.4 is 0 Å². The van der Waals surface area contributed by atoms with Gasteiger partial charge in [0.05, 0.1) is 6.61 Å². The molecule has 0 bridgehead atoms. The van der Waals surface area contributed by atoms with Crippen molar-refractivity contribution in [2.45, 2.75) is 31.5 Å². The Labute approximate surface area is 165 Å². The van der Waals surface area contributed by atoms with Gasteiger partial charge >= 0.3 is 0 Å². The molecule has 0 unspecified atom stereocenters. The number of unbranched alkanes of at least 4 members (excludes halogenated alkanes) is 1. The van der Waals surface area contributed by atoms with Crippen LogP contribution in [0.2, 0.25) is 0 Å². The molecule has 1 aromatic rings. The number of carbonyl (C=O) groups excluding carboxylic acids is 1. The number of aliphatic hydroxyl groups is 1. The van der Waals surface area contributed by atoms with Crippen molar-refractivity contribution in [1.82, 2.24) is 9.80 Å². The number of hydrogen-bond acceptors (Lipinski definition) is 5. The molecule has 0 aliphatic carbocycles. The number of piperazine rings is 1. The molecule has 28 heavy (non-hydrogen) atoms. The fourth-order valence-electron chi connectivity index (χ4n) is 3.45. The van der Waals surface area contributed by atoms with Gasteiger partial charge in [-0.3, -0.25) is 4.79 Å². The van der Waals surface area contributed by atoms with Crippen molar-refractivity contribution in [3.05, 3.63) is 47.5 Å². The van der Waals surface area contributed by atoms with E-state index in [-0.39, 0.29) is 24.2 Å². The van der Waals surface area contributed by atoms with E-state index in [0.29, 0.717) is 38.3 Å². The lowest BCUT2D eigenvalue weighted by Gasteiger charge is -2.35. The summed E-state index contributed by atoms with van der Waals surface area (Å²) < 4.78 is 25.0. The van der Waals surface area contributed by atoms with Crippen LogP contribution in [0.3, 0.4) is 0 Å². The number of rotatable bonds is 7. The topological polar surface area (TPSA) is 62.2 Å². The Balaban J connectivity index is 1.73. The summed E-state index contributed by atoms with van der Waals surface area (Å²) >= 11 is 0. The molecule has 6 nitrogen and oxygen atoms in total. The standard InChI is InChI=1S/C21H29FN2O4/c1-23-8-10-24(11-9-23)21(26)19-14-17(16-4-6-18(22)7-5-16)15-20(28-19)27-13-3-2-12-25/h4-7,14,17,20,25H,2-3,8-13,15H2,1H3/t17-,20+/m0/s1. The first-order valence-electron chi connectivity index (χ1n) is 9.91. The number of allylic oxidation sites excluding steroid dienone is 1. The Morgan fingerprint density at radius 2 is 1.93 bits per heavy atom. The summed E-state index contributed by atoms with van der Waals surface area (Å²) in [4.78, 5) is 17.0. The minimum atomic E-state index is -0.537. The number of nitrogens with zero attached hydrogens (tertiary/aromatic N) is 2. The molecule has 1 N–H and O–H groups in total. The first-order chi connectivity index (χ1) is 13.6. The first-order valence-corrected chi connectivity index (χ1v) is 9.91. The zero-order valence-electron chi connectivity index (χ0n) is 16.3. The molecule has 7 heteroatoms. The highest BCUT2D eigenvalue weighted by Gasteiger charge is 2.31. The van der Waals surface area contributed by atoms with Crippen LogP contribution in [0.15, 0.2) is 36.1 Å². The van der Waals surface area contributed by atoms with Gasteiger partial charge in [-0.25, -0.2) is 4.39 Å². The fourth-order valence-corrected chi connectivity index (χ4v) is 3.45. The molecule has 1 fully saturated rings. The van der Waals surface area contributed by atoms with Gasteiger partial charge in [0.2, 0.25) is 6.29 Å². The van der Waals surface area contributed by atoms with Crippen molar-refractivity contribution in [3.63, 3.8) is 0 Å². The average Bonchev–Trinajstić information content (AvgIpc) is 2.71. The molecular weight excluding hydrogens is 363 g/mol. The maximum Gasteiger partial charge on any atom is 0.288 e. The lowest BCUT2D eigenvalue weighted by Crippen LogP contribution is -2.48. The van der Waals surface area contributed by atoms with Crippen molar-refractivity contribution >= 4 is 5.91 Å². The third kappa shape index (κ3) is 5.53. The molecular formula is C21H29FN2O4. The molecule has 1 amide bonds. The van der Waals surface area contributed by atoms with Gasteiger partial charge in [-0.05, 0) is 43.7 Å². The van der Waals surface area contributed by atoms with Gasteiger partial charge in [-0.15, -0.1) is 0 Å². The van der Waals surface area contributed by atoms with E-state index in [1.807, 2.05) is 18.0 Å². The summed E-state index contributed by atoms with van der Waals surface area (Å²) in [6.07, 6.45) is 3.25. The summed E-state index contributed by atoms with van der Waals surface area (Å²) in [7, 11) is 2.04. The van der Waals surface area contributed by atoms with E-state index >= 15 is 0 Å². The van der Waals surface area contributed by atoms with E-state index in [1.165, 1.54) is 12.1 Å². The van der Waals surface area contributed by atoms with Crippen LogP contribution in [0, 0.1) is 5.82 Å². The summed E-state index contributed by atoms with van der Waals surface area (Å²) in [5.41, 5.74) is 0.928. The molecule has 154 valence electrons. The summed E-state index contributed by atoms with van der Waals surface area (Å²) in [5, 5.41) is 8.91. The van der Waals surface area contributed by atoms with Crippen molar-refractivity contribution in [1.29, 1.82) is 0 Å². The number of halogens is 1. The third-order valence-electron chi connectivity index (χ3n) is 5.21. The molecule has 0 saturated carbocycles. The normalized spacial score (nSPS) is 23.2. The van der Waals surface area contributed by atoms with E-state index in [0.717, 1.165) is 25.1 Å².